The van der Waals surface area contributed by atoms with Gasteiger partial charge in [0.05, 0.1) is 11.1 Å². The summed E-state index contributed by atoms with van der Waals surface area (Å²) in [6.45, 7) is 3.63. The van der Waals surface area contributed by atoms with Crippen molar-refractivity contribution in [2.45, 2.75) is 57.7 Å². The number of amides is 1. The SMILES string of the molecule is Cc1nc(N[C@@H](C)c2cccc(C(F)(F)F)c2)c2cc(C3CCC(C(=O)N(C)C)CC3)ccc2n1. The van der Waals surface area contributed by atoms with E-state index in [0.717, 1.165) is 42.7 Å². The van der Waals surface area contributed by atoms with E-state index in [4.69, 9.17) is 0 Å². The van der Waals surface area contributed by atoms with Gasteiger partial charge in [0.1, 0.15) is 11.6 Å². The van der Waals surface area contributed by atoms with Crippen LogP contribution in [-0.4, -0.2) is 34.9 Å². The summed E-state index contributed by atoms with van der Waals surface area (Å²) in [5.74, 6) is 1.82. The molecule has 35 heavy (non-hydrogen) atoms. The minimum absolute atomic E-state index is 0.0817. The van der Waals surface area contributed by atoms with Crippen LogP contribution in [0.5, 0.6) is 0 Å². The molecular formula is C27H31F3N4O. The van der Waals surface area contributed by atoms with Crippen LogP contribution in [0.4, 0.5) is 19.0 Å². The van der Waals surface area contributed by atoms with E-state index < -0.39 is 11.7 Å². The van der Waals surface area contributed by atoms with Gasteiger partial charge in [0.25, 0.3) is 0 Å². The molecule has 1 aliphatic rings. The zero-order valence-corrected chi connectivity index (χ0v) is 20.5. The maximum absolute atomic E-state index is 13.2. The maximum Gasteiger partial charge on any atom is 0.416 e. The van der Waals surface area contributed by atoms with Gasteiger partial charge in [-0.3, -0.25) is 4.79 Å². The normalized spacial score (nSPS) is 19.4. The number of anilines is 1. The van der Waals surface area contributed by atoms with Gasteiger partial charge >= 0.3 is 6.18 Å². The summed E-state index contributed by atoms with van der Waals surface area (Å²) in [6, 6.07) is 11.1. The van der Waals surface area contributed by atoms with Crippen LogP contribution in [0.25, 0.3) is 10.9 Å². The predicted octanol–water partition coefficient (Wildman–Crippen LogP) is 6.49. The molecule has 3 aromatic rings. The molecule has 1 aromatic heterocycles. The van der Waals surface area contributed by atoms with Gasteiger partial charge in [0.15, 0.2) is 0 Å². The highest BCUT2D eigenvalue weighted by Gasteiger charge is 2.31. The van der Waals surface area contributed by atoms with Crippen molar-refractivity contribution in [3.05, 3.63) is 65.0 Å². The van der Waals surface area contributed by atoms with Crippen molar-refractivity contribution in [1.29, 1.82) is 0 Å². The molecule has 2 aromatic carbocycles. The number of carbonyl (C=O) groups excluding carboxylic acids is 1. The Bertz CT molecular complexity index is 1220. The predicted molar refractivity (Wildman–Crippen MR) is 131 cm³/mol. The molecule has 4 rings (SSSR count). The van der Waals surface area contributed by atoms with E-state index >= 15 is 0 Å². The molecule has 1 N–H and O–H groups in total. The van der Waals surface area contributed by atoms with Crippen LogP contribution in [0.15, 0.2) is 42.5 Å². The Morgan fingerprint density at radius 1 is 1.06 bits per heavy atom. The minimum atomic E-state index is -4.39. The second-order valence-corrected chi connectivity index (χ2v) is 9.67. The number of aromatic nitrogens is 2. The van der Waals surface area contributed by atoms with Gasteiger partial charge in [-0.05, 0) is 80.8 Å². The molecule has 1 atom stereocenters. The lowest BCUT2D eigenvalue weighted by Gasteiger charge is -2.29. The maximum atomic E-state index is 13.2. The highest BCUT2D eigenvalue weighted by molar-refractivity contribution is 5.90. The lowest BCUT2D eigenvalue weighted by Crippen LogP contribution is -2.31. The Morgan fingerprint density at radius 2 is 1.77 bits per heavy atom. The van der Waals surface area contributed by atoms with Gasteiger partial charge in [-0.25, -0.2) is 9.97 Å². The number of carbonyl (C=O) groups is 1. The number of hydrogen-bond acceptors (Lipinski definition) is 4. The molecule has 1 saturated carbocycles. The third-order valence-electron chi connectivity index (χ3n) is 6.89. The number of hydrogen-bond donors (Lipinski definition) is 1. The summed E-state index contributed by atoms with van der Waals surface area (Å²) in [6.07, 6.45) is -0.791. The average molecular weight is 485 g/mol. The van der Waals surface area contributed by atoms with Crippen LogP contribution in [0, 0.1) is 12.8 Å². The molecule has 0 saturated heterocycles. The van der Waals surface area contributed by atoms with E-state index in [2.05, 4.69) is 27.4 Å². The molecule has 0 radical (unpaired) electrons. The lowest BCUT2D eigenvalue weighted by atomic mass is 9.78. The fraction of sp³-hybridized carbons (Fsp3) is 0.444. The number of nitrogens with one attached hydrogen (secondary N) is 1. The van der Waals surface area contributed by atoms with Crippen molar-refractivity contribution in [1.82, 2.24) is 14.9 Å². The van der Waals surface area contributed by atoms with Crippen molar-refractivity contribution in [2.75, 3.05) is 19.4 Å². The fourth-order valence-electron chi connectivity index (χ4n) is 4.94. The first kappa shape index (κ1) is 24.9. The monoisotopic (exact) mass is 484 g/mol. The Kier molecular flexibility index (Phi) is 7.01. The second kappa shape index (κ2) is 9.84. The van der Waals surface area contributed by atoms with E-state index in [0.29, 0.717) is 23.1 Å². The largest absolute Gasteiger partial charge is 0.416 e. The van der Waals surface area contributed by atoms with Gasteiger partial charge in [0, 0.05) is 31.4 Å². The average Bonchev–Trinajstić information content (AvgIpc) is 2.83. The van der Waals surface area contributed by atoms with Crippen LogP contribution in [0.2, 0.25) is 0 Å². The van der Waals surface area contributed by atoms with Crippen LogP contribution < -0.4 is 5.32 Å². The topological polar surface area (TPSA) is 58.1 Å². The van der Waals surface area contributed by atoms with Crippen LogP contribution in [0.3, 0.4) is 0 Å². The minimum Gasteiger partial charge on any atom is -0.363 e. The van der Waals surface area contributed by atoms with Crippen molar-refractivity contribution in [2.24, 2.45) is 5.92 Å². The highest BCUT2D eigenvalue weighted by Crippen LogP contribution is 2.38. The Morgan fingerprint density at radius 3 is 2.43 bits per heavy atom. The van der Waals surface area contributed by atoms with E-state index in [1.807, 2.05) is 13.0 Å². The molecule has 0 unspecified atom stereocenters. The van der Waals surface area contributed by atoms with Gasteiger partial charge < -0.3 is 10.2 Å². The van der Waals surface area contributed by atoms with Crippen LogP contribution >= 0.6 is 0 Å². The first-order chi connectivity index (χ1) is 16.5. The second-order valence-electron chi connectivity index (χ2n) is 9.67. The third-order valence-corrected chi connectivity index (χ3v) is 6.89. The number of nitrogens with zero attached hydrogens (tertiary/aromatic N) is 3. The van der Waals surface area contributed by atoms with Crippen molar-refractivity contribution in [3.8, 4) is 0 Å². The van der Waals surface area contributed by atoms with Crippen molar-refractivity contribution < 1.29 is 18.0 Å². The zero-order valence-electron chi connectivity index (χ0n) is 20.5. The molecule has 1 amide bonds. The van der Waals surface area contributed by atoms with Crippen molar-refractivity contribution >= 4 is 22.6 Å². The standard InChI is InChI=1S/C27H31F3N4O/c1-16(20-6-5-7-22(14-20)27(28,29)30)31-25-23-15-21(12-13-24(23)32-17(2)33-25)18-8-10-19(11-9-18)26(35)34(3)4/h5-7,12-16,18-19H,8-11H2,1-4H3,(H,31,32,33)/t16-,18?,19?/m0/s1. The molecule has 0 bridgehead atoms. The number of fused-ring (bicyclic) bond motifs is 1. The summed E-state index contributed by atoms with van der Waals surface area (Å²) in [5.41, 5.74) is 1.83. The number of halogens is 3. The smallest absolute Gasteiger partial charge is 0.363 e. The summed E-state index contributed by atoms with van der Waals surface area (Å²) in [4.78, 5) is 23.1. The highest BCUT2D eigenvalue weighted by atomic mass is 19.4. The van der Waals surface area contributed by atoms with Crippen LogP contribution in [0.1, 0.15) is 67.1 Å². The van der Waals surface area contributed by atoms with Gasteiger partial charge in [0.2, 0.25) is 5.91 Å². The molecule has 5 nitrogen and oxygen atoms in total. The first-order valence-electron chi connectivity index (χ1n) is 12.0. The number of aryl methyl sites for hydroxylation is 1. The number of alkyl halides is 3. The molecule has 186 valence electrons. The number of rotatable bonds is 5. The quantitative estimate of drug-likeness (QED) is 0.450. The molecular weight excluding hydrogens is 453 g/mol. The summed E-state index contributed by atoms with van der Waals surface area (Å²) in [7, 11) is 3.60. The lowest BCUT2D eigenvalue weighted by molar-refractivity contribution is -0.137. The van der Waals surface area contributed by atoms with E-state index in [-0.39, 0.29) is 17.9 Å². The molecule has 1 fully saturated rings. The molecule has 1 heterocycles. The Hall–Kier alpha value is -3.16. The molecule has 0 spiro atoms. The zero-order chi connectivity index (χ0) is 25.3. The Balaban J connectivity index is 1.58. The van der Waals surface area contributed by atoms with E-state index in [1.54, 1.807) is 32.0 Å². The molecule has 8 heteroatoms. The summed E-state index contributed by atoms with van der Waals surface area (Å²) < 4.78 is 39.6. The third kappa shape index (κ3) is 5.57. The summed E-state index contributed by atoms with van der Waals surface area (Å²) in [5, 5.41) is 4.16. The van der Waals surface area contributed by atoms with Crippen LogP contribution in [-0.2, 0) is 11.0 Å². The molecule has 0 aliphatic heterocycles. The molecule has 1 aliphatic carbocycles. The van der Waals surface area contributed by atoms with Gasteiger partial charge in [-0.15, -0.1) is 0 Å². The first-order valence-corrected chi connectivity index (χ1v) is 12.0. The van der Waals surface area contributed by atoms with E-state index in [1.165, 1.54) is 17.7 Å². The summed E-state index contributed by atoms with van der Waals surface area (Å²) >= 11 is 0. The van der Waals surface area contributed by atoms with E-state index in [9.17, 15) is 18.0 Å². The van der Waals surface area contributed by atoms with Crippen molar-refractivity contribution in [3.63, 3.8) is 0 Å². The van der Waals surface area contributed by atoms with Gasteiger partial charge in [-0.1, -0.05) is 18.2 Å². The van der Waals surface area contributed by atoms with Gasteiger partial charge in [-0.2, -0.15) is 13.2 Å². The number of benzene rings is 2. The fourth-order valence-corrected chi connectivity index (χ4v) is 4.94. The Labute approximate surface area is 203 Å².